The number of para-hydroxylation sites is 1. The summed E-state index contributed by atoms with van der Waals surface area (Å²) in [5.41, 5.74) is 1.51. The number of nitrogens with one attached hydrogen (secondary N) is 1. The number of nitrogens with zero attached hydrogens (tertiary/aromatic N) is 1. The Morgan fingerprint density at radius 1 is 1.24 bits per heavy atom. The van der Waals surface area contributed by atoms with E-state index in [2.05, 4.69) is 5.32 Å². The maximum absolute atomic E-state index is 12.2. The molecule has 7 nitrogen and oxygen atoms in total. The summed E-state index contributed by atoms with van der Waals surface area (Å²) in [6.07, 6.45) is -0.674. The number of carbonyl (C=O) groups excluding carboxylic acids is 1. The van der Waals surface area contributed by atoms with Crippen LogP contribution in [0.5, 0.6) is 0 Å². The van der Waals surface area contributed by atoms with E-state index in [1.54, 1.807) is 19.1 Å². The summed E-state index contributed by atoms with van der Waals surface area (Å²) < 4.78 is 0. The number of aryl methyl sites for hydroxylation is 1. The second kappa shape index (κ2) is 7.28. The molecule has 0 heterocycles. The van der Waals surface area contributed by atoms with Crippen LogP contribution >= 0.6 is 0 Å². The number of benzene rings is 1. The number of aliphatic carboxylic acids is 2. The van der Waals surface area contributed by atoms with Crippen molar-refractivity contribution in [3.63, 3.8) is 0 Å². The van der Waals surface area contributed by atoms with Crippen LogP contribution in [0.2, 0.25) is 0 Å². The number of carboxylic acid groups (broad SMARTS) is 2. The van der Waals surface area contributed by atoms with Crippen molar-refractivity contribution >= 4 is 23.7 Å². The fraction of sp³-hybridized carbons (Fsp3) is 0.357. The van der Waals surface area contributed by atoms with Crippen molar-refractivity contribution in [3.8, 4) is 0 Å². The van der Waals surface area contributed by atoms with Crippen LogP contribution < -0.4 is 10.2 Å². The van der Waals surface area contributed by atoms with Gasteiger partial charge in [0.2, 0.25) is 0 Å². The molecule has 0 aliphatic rings. The van der Waals surface area contributed by atoms with Crippen molar-refractivity contribution in [2.24, 2.45) is 0 Å². The van der Waals surface area contributed by atoms with Gasteiger partial charge in [-0.05, 0) is 25.5 Å². The molecular formula is C14H18N2O5. The highest BCUT2D eigenvalue weighted by Gasteiger charge is 2.26. The van der Waals surface area contributed by atoms with Gasteiger partial charge in [0.05, 0.1) is 6.42 Å². The van der Waals surface area contributed by atoms with E-state index in [1.807, 2.05) is 19.1 Å². The van der Waals surface area contributed by atoms with Crippen molar-refractivity contribution in [3.05, 3.63) is 29.8 Å². The average molecular weight is 294 g/mol. The Balaban J connectivity index is 2.91. The standard InChI is InChI=1S/C14H18N2O5/c1-3-16(11-7-5-4-6-9(11)2)14(21)15-10(13(19)20)8-12(17)18/h4-7,10H,3,8H2,1-2H3,(H,15,21)(H,17,18)(H,19,20)/t10-/m1/s1. The van der Waals surface area contributed by atoms with Gasteiger partial charge in [-0.2, -0.15) is 0 Å². The van der Waals surface area contributed by atoms with Gasteiger partial charge < -0.3 is 15.5 Å². The predicted octanol–water partition coefficient (Wildman–Crippen LogP) is 1.46. The first-order valence-electron chi connectivity index (χ1n) is 6.45. The molecule has 0 spiro atoms. The molecule has 114 valence electrons. The summed E-state index contributed by atoms with van der Waals surface area (Å²) in [7, 11) is 0. The number of rotatable bonds is 6. The summed E-state index contributed by atoms with van der Waals surface area (Å²) in [5.74, 6) is -2.67. The van der Waals surface area contributed by atoms with E-state index in [9.17, 15) is 14.4 Å². The summed E-state index contributed by atoms with van der Waals surface area (Å²) in [4.78, 5) is 35.2. The first-order valence-corrected chi connectivity index (χ1v) is 6.45. The molecule has 1 aromatic rings. The van der Waals surface area contributed by atoms with Crippen molar-refractivity contribution in [2.45, 2.75) is 26.3 Å². The number of carboxylic acids is 2. The quantitative estimate of drug-likeness (QED) is 0.736. The number of anilines is 1. The first-order chi connectivity index (χ1) is 9.86. The molecule has 3 N–H and O–H groups in total. The maximum Gasteiger partial charge on any atom is 0.326 e. The zero-order valence-corrected chi connectivity index (χ0v) is 11.9. The van der Waals surface area contributed by atoms with Crippen LogP contribution in [-0.4, -0.2) is 40.8 Å². The molecule has 0 fully saturated rings. The minimum Gasteiger partial charge on any atom is -0.481 e. The van der Waals surface area contributed by atoms with Crippen LogP contribution in [0, 0.1) is 6.92 Å². The van der Waals surface area contributed by atoms with Gasteiger partial charge in [0.15, 0.2) is 0 Å². The SMILES string of the molecule is CCN(C(=O)N[C@H](CC(=O)O)C(=O)O)c1ccccc1C. The fourth-order valence-electron chi connectivity index (χ4n) is 1.89. The van der Waals surface area contributed by atoms with Gasteiger partial charge >= 0.3 is 18.0 Å². The van der Waals surface area contributed by atoms with Crippen LogP contribution in [0.15, 0.2) is 24.3 Å². The molecule has 0 aliphatic heterocycles. The van der Waals surface area contributed by atoms with Crippen LogP contribution in [0.4, 0.5) is 10.5 Å². The largest absolute Gasteiger partial charge is 0.481 e. The predicted molar refractivity (Wildman–Crippen MR) is 76.4 cm³/mol. The Morgan fingerprint density at radius 2 is 1.86 bits per heavy atom. The third-order valence-electron chi connectivity index (χ3n) is 2.94. The molecule has 0 aromatic heterocycles. The minimum absolute atomic E-state index is 0.329. The highest BCUT2D eigenvalue weighted by atomic mass is 16.4. The van der Waals surface area contributed by atoms with E-state index in [0.717, 1.165) is 5.56 Å². The molecule has 0 unspecified atom stereocenters. The number of urea groups is 1. The molecule has 1 aromatic carbocycles. The Kier molecular flexibility index (Phi) is 5.71. The zero-order valence-electron chi connectivity index (χ0n) is 11.9. The van der Waals surface area contributed by atoms with Crippen molar-refractivity contribution in [1.82, 2.24) is 5.32 Å². The van der Waals surface area contributed by atoms with Gasteiger partial charge in [-0.1, -0.05) is 18.2 Å². The summed E-state index contributed by atoms with van der Waals surface area (Å²) in [5, 5.41) is 19.9. The molecule has 0 aliphatic carbocycles. The van der Waals surface area contributed by atoms with E-state index < -0.39 is 30.4 Å². The lowest BCUT2D eigenvalue weighted by Crippen LogP contribution is -2.49. The van der Waals surface area contributed by atoms with E-state index in [1.165, 1.54) is 4.90 Å². The molecule has 0 saturated carbocycles. The third-order valence-corrected chi connectivity index (χ3v) is 2.94. The van der Waals surface area contributed by atoms with E-state index in [-0.39, 0.29) is 0 Å². The molecule has 1 atom stereocenters. The molecule has 0 bridgehead atoms. The van der Waals surface area contributed by atoms with Crippen molar-refractivity contribution in [2.75, 3.05) is 11.4 Å². The number of carbonyl (C=O) groups is 3. The first kappa shape index (κ1) is 16.5. The van der Waals surface area contributed by atoms with Crippen LogP contribution in [0.3, 0.4) is 0 Å². The minimum atomic E-state index is -1.46. The molecule has 2 amide bonds. The van der Waals surface area contributed by atoms with Crippen molar-refractivity contribution < 1.29 is 24.6 Å². The Morgan fingerprint density at radius 3 is 2.33 bits per heavy atom. The van der Waals surface area contributed by atoms with E-state index >= 15 is 0 Å². The normalized spacial score (nSPS) is 11.5. The summed E-state index contributed by atoms with van der Waals surface area (Å²) >= 11 is 0. The number of amides is 2. The highest BCUT2D eigenvalue weighted by Crippen LogP contribution is 2.19. The molecule has 7 heteroatoms. The Labute approximate surface area is 122 Å². The summed E-state index contributed by atoms with van der Waals surface area (Å²) in [6, 6.07) is 5.07. The van der Waals surface area contributed by atoms with Gasteiger partial charge in [0, 0.05) is 12.2 Å². The zero-order chi connectivity index (χ0) is 16.0. The molecule has 1 rings (SSSR count). The maximum atomic E-state index is 12.2. The van der Waals surface area contributed by atoms with Gasteiger partial charge in [-0.3, -0.25) is 9.69 Å². The lowest BCUT2D eigenvalue weighted by atomic mass is 10.2. The second-order valence-corrected chi connectivity index (χ2v) is 4.47. The van der Waals surface area contributed by atoms with Crippen LogP contribution in [0.1, 0.15) is 18.9 Å². The van der Waals surface area contributed by atoms with Gasteiger partial charge in [-0.15, -0.1) is 0 Å². The average Bonchev–Trinajstić information content (AvgIpc) is 2.40. The van der Waals surface area contributed by atoms with Gasteiger partial charge in [0.25, 0.3) is 0 Å². The van der Waals surface area contributed by atoms with E-state index in [4.69, 9.17) is 10.2 Å². The topological polar surface area (TPSA) is 107 Å². The molecule has 0 saturated heterocycles. The monoisotopic (exact) mass is 294 g/mol. The molecular weight excluding hydrogens is 276 g/mol. The number of hydrogen-bond donors (Lipinski definition) is 3. The second-order valence-electron chi connectivity index (χ2n) is 4.47. The Bertz CT molecular complexity index is 544. The summed E-state index contributed by atoms with van der Waals surface area (Å²) in [6.45, 7) is 3.91. The third kappa shape index (κ3) is 4.48. The van der Waals surface area contributed by atoms with Crippen molar-refractivity contribution in [1.29, 1.82) is 0 Å². The van der Waals surface area contributed by atoms with Gasteiger partial charge in [-0.25, -0.2) is 9.59 Å². The van der Waals surface area contributed by atoms with Gasteiger partial charge in [0.1, 0.15) is 6.04 Å². The molecule has 21 heavy (non-hydrogen) atoms. The fourth-order valence-corrected chi connectivity index (χ4v) is 1.89. The lowest BCUT2D eigenvalue weighted by molar-refractivity contribution is -0.145. The van der Waals surface area contributed by atoms with Crippen LogP contribution in [0.25, 0.3) is 0 Å². The number of hydrogen-bond acceptors (Lipinski definition) is 3. The molecule has 0 radical (unpaired) electrons. The van der Waals surface area contributed by atoms with Crippen LogP contribution in [-0.2, 0) is 9.59 Å². The van der Waals surface area contributed by atoms with E-state index in [0.29, 0.717) is 12.2 Å². The Hall–Kier alpha value is -2.57. The smallest absolute Gasteiger partial charge is 0.326 e. The lowest BCUT2D eigenvalue weighted by Gasteiger charge is -2.25. The highest BCUT2D eigenvalue weighted by molar-refractivity contribution is 5.95.